The van der Waals surface area contributed by atoms with Gasteiger partial charge in [-0.2, -0.15) is 0 Å². The smallest absolute Gasteiger partial charge is 0.239 e. The van der Waals surface area contributed by atoms with Crippen molar-refractivity contribution in [1.82, 2.24) is 15.1 Å². The van der Waals surface area contributed by atoms with Crippen molar-refractivity contribution in [1.29, 1.82) is 0 Å². The maximum absolute atomic E-state index is 12.2. The summed E-state index contributed by atoms with van der Waals surface area (Å²) in [7, 11) is 0. The van der Waals surface area contributed by atoms with Crippen molar-refractivity contribution >= 4 is 11.8 Å². The van der Waals surface area contributed by atoms with Crippen LogP contribution in [0.5, 0.6) is 0 Å². The van der Waals surface area contributed by atoms with Gasteiger partial charge in [0.15, 0.2) is 0 Å². The molecule has 0 unspecified atom stereocenters. The molecule has 1 aliphatic heterocycles. The predicted octanol–water partition coefficient (Wildman–Crippen LogP) is 2.01. The van der Waals surface area contributed by atoms with Crippen molar-refractivity contribution in [3.05, 3.63) is 0 Å². The molecule has 1 N–H and O–H groups in total. The van der Waals surface area contributed by atoms with Gasteiger partial charge >= 0.3 is 0 Å². The van der Waals surface area contributed by atoms with Crippen molar-refractivity contribution < 1.29 is 9.59 Å². The van der Waals surface area contributed by atoms with Crippen molar-refractivity contribution in [2.75, 3.05) is 19.6 Å². The van der Waals surface area contributed by atoms with Crippen LogP contribution in [-0.4, -0.2) is 59.4 Å². The second-order valence-electron chi connectivity index (χ2n) is 7.61. The van der Waals surface area contributed by atoms with E-state index in [1.807, 2.05) is 4.90 Å². The molecule has 5 nitrogen and oxygen atoms in total. The number of hydrogen-bond donors (Lipinski definition) is 1. The average Bonchev–Trinajstić information content (AvgIpc) is 2.79. The van der Waals surface area contributed by atoms with Gasteiger partial charge in [0.2, 0.25) is 11.8 Å². The normalized spacial score (nSPS) is 24.7. The van der Waals surface area contributed by atoms with Crippen LogP contribution in [0.4, 0.5) is 0 Å². The van der Waals surface area contributed by atoms with Gasteiger partial charge in [-0.15, -0.1) is 0 Å². The second kappa shape index (κ2) is 8.13. The largest absolute Gasteiger partial charge is 0.353 e. The molecule has 23 heavy (non-hydrogen) atoms. The summed E-state index contributed by atoms with van der Waals surface area (Å²) in [6, 6.07) is 1.25. The van der Waals surface area contributed by atoms with E-state index in [9.17, 15) is 9.59 Å². The summed E-state index contributed by atoms with van der Waals surface area (Å²) < 4.78 is 0. The first kappa shape index (κ1) is 18.2. The van der Waals surface area contributed by atoms with Gasteiger partial charge < -0.3 is 10.2 Å². The van der Waals surface area contributed by atoms with E-state index in [4.69, 9.17) is 0 Å². The Labute approximate surface area is 140 Å². The molecule has 2 atom stereocenters. The molecule has 132 valence electrons. The molecule has 2 fully saturated rings. The fourth-order valence-electron chi connectivity index (χ4n) is 4.22. The summed E-state index contributed by atoms with van der Waals surface area (Å²) in [5, 5.41) is 2.99. The fraction of sp³-hybridized carbons (Fsp3) is 0.889. The number of nitrogens with zero attached hydrogens (tertiary/aromatic N) is 2. The Balaban J connectivity index is 1.77. The number of nitrogens with one attached hydrogen (secondary N) is 1. The van der Waals surface area contributed by atoms with E-state index in [0.717, 1.165) is 19.4 Å². The quantitative estimate of drug-likeness (QED) is 0.780. The first-order valence-corrected chi connectivity index (χ1v) is 9.22. The molecule has 2 amide bonds. The van der Waals surface area contributed by atoms with Crippen LogP contribution in [0.3, 0.4) is 0 Å². The molecule has 5 heteroatoms. The monoisotopic (exact) mass is 323 g/mol. The SMILES string of the molecule is CC(C)N(CCNC(=O)CN1C(=O)C[C@@H]2CCCC[C@@H]21)C(C)C. The van der Waals surface area contributed by atoms with Crippen LogP contribution in [0.1, 0.15) is 59.8 Å². The van der Waals surface area contributed by atoms with Crippen LogP contribution in [0.25, 0.3) is 0 Å². The van der Waals surface area contributed by atoms with E-state index in [0.29, 0.717) is 37.0 Å². The number of amides is 2. The second-order valence-corrected chi connectivity index (χ2v) is 7.61. The average molecular weight is 323 g/mol. The highest BCUT2D eigenvalue weighted by Gasteiger charge is 2.41. The summed E-state index contributed by atoms with van der Waals surface area (Å²) in [6.07, 6.45) is 5.27. The Morgan fingerprint density at radius 1 is 1.22 bits per heavy atom. The number of carbonyl (C=O) groups is 2. The van der Waals surface area contributed by atoms with Gasteiger partial charge in [0.05, 0.1) is 6.54 Å². The Morgan fingerprint density at radius 3 is 2.52 bits per heavy atom. The number of hydrogen-bond acceptors (Lipinski definition) is 3. The van der Waals surface area contributed by atoms with E-state index >= 15 is 0 Å². The zero-order valence-electron chi connectivity index (χ0n) is 15.2. The molecule has 2 rings (SSSR count). The zero-order valence-corrected chi connectivity index (χ0v) is 15.2. The molecule has 1 saturated heterocycles. The number of carbonyl (C=O) groups excluding carboxylic acids is 2. The van der Waals surface area contributed by atoms with E-state index < -0.39 is 0 Å². The van der Waals surface area contributed by atoms with Crippen LogP contribution in [0, 0.1) is 5.92 Å². The van der Waals surface area contributed by atoms with Gasteiger partial charge in [0.25, 0.3) is 0 Å². The molecular formula is C18H33N3O2. The Kier molecular flexibility index (Phi) is 6.45. The molecule has 1 aliphatic carbocycles. The Bertz CT molecular complexity index is 414. The lowest BCUT2D eigenvalue weighted by Gasteiger charge is -2.32. The third-order valence-corrected chi connectivity index (χ3v) is 5.36. The summed E-state index contributed by atoms with van der Waals surface area (Å²) in [6.45, 7) is 10.4. The van der Waals surface area contributed by atoms with Gasteiger partial charge in [0.1, 0.15) is 0 Å². The number of fused-ring (bicyclic) bond motifs is 1. The van der Waals surface area contributed by atoms with Gasteiger partial charge in [-0.25, -0.2) is 0 Å². The first-order chi connectivity index (χ1) is 10.9. The Hall–Kier alpha value is -1.10. The topological polar surface area (TPSA) is 52.7 Å². The van der Waals surface area contributed by atoms with Crippen molar-refractivity contribution in [3.8, 4) is 0 Å². The fourth-order valence-corrected chi connectivity index (χ4v) is 4.22. The minimum Gasteiger partial charge on any atom is -0.353 e. The third-order valence-electron chi connectivity index (χ3n) is 5.36. The minimum atomic E-state index is -0.0166. The van der Waals surface area contributed by atoms with E-state index in [-0.39, 0.29) is 18.4 Å². The first-order valence-electron chi connectivity index (χ1n) is 9.22. The number of likely N-dealkylation sites (tertiary alicyclic amines) is 1. The summed E-state index contributed by atoms with van der Waals surface area (Å²) in [4.78, 5) is 28.6. The minimum absolute atomic E-state index is 0.0166. The molecule has 0 aromatic carbocycles. The predicted molar refractivity (Wildman–Crippen MR) is 92.1 cm³/mol. The van der Waals surface area contributed by atoms with Crippen LogP contribution in [-0.2, 0) is 9.59 Å². The van der Waals surface area contributed by atoms with Crippen molar-refractivity contribution in [3.63, 3.8) is 0 Å². The van der Waals surface area contributed by atoms with Crippen LogP contribution in [0.2, 0.25) is 0 Å². The van der Waals surface area contributed by atoms with E-state index in [1.54, 1.807) is 0 Å². The molecule has 0 radical (unpaired) electrons. The molecule has 1 heterocycles. The highest BCUT2D eigenvalue weighted by Crippen LogP contribution is 2.36. The van der Waals surface area contributed by atoms with Gasteiger partial charge in [-0.3, -0.25) is 14.5 Å². The van der Waals surface area contributed by atoms with Crippen LogP contribution < -0.4 is 5.32 Å². The standard InChI is InChI=1S/C18H33N3O2/c1-13(2)20(14(3)4)10-9-19-17(22)12-21-16-8-6-5-7-15(16)11-18(21)23/h13-16H,5-12H2,1-4H3,(H,19,22)/t15-,16-/m0/s1. The highest BCUT2D eigenvalue weighted by atomic mass is 16.2. The zero-order chi connectivity index (χ0) is 17.0. The molecule has 2 aliphatic rings. The molecule has 0 aromatic rings. The molecule has 1 saturated carbocycles. The van der Waals surface area contributed by atoms with Crippen LogP contribution >= 0.6 is 0 Å². The Morgan fingerprint density at radius 2 is 1.87 bits per heavy atom. The summed E-state index contributed by atoms with van der Waals surface area (Å²) in [5.41, 5.74) is 0. The molecule has 0 aromatic heterocycles. The molecule has 0 spiro atoms. The van der Waals surface area contributed by atoms with Gasteiger partial charge in [-0.05, 0) is 46.5 Å². The lowest BCUT2D eigenvalue weighted by Crippen LogP contribution is -2.46. The highest BCUT2D eigenvalue weighted by molar-refractivity contribution is 5.86. The molecule has 0 bridgehead atoms. The summed E-state index contributed by atoms with van der Waals surface area (Å²) >= 11 is 0. The van der Waals surface area contributed by atoms with Gasteiger partial charge in [-0.1, -0.05) is 12.8 Å². The van der Waals surface area contributed by atoms with Crippen LogP contribution in [0.15, 0.2) is 0 Å². The molecular weight excluding hydrogens is 290 g/mol. The van der Waals surface area contributed by atoms with E-state index in [2.05, 4.69) is 37.9 Å². The summed E-state index contributed by atoms with van der Waals surface area (Å²) in [5.74, 6) is 0.640. The van der Waals surface area contributed by atoms with E-state index in [1.165, 1.54) is 12.8 Å². The number of rotatable bonds is 7. The van der Waals surface area contributed by atoms with Crippen molar-refractivity contribution in [2.24, 2.45) is 5.92 Å². The van der Waals surface area contributed by atoms with Crippen molar-refractivity contribution in [2.45, 2.75) is 77.9 Å². The third kappa shape index (κ3) is 4.69. The lowest BCUT2D eigenvalue weighted by atomic mass is 9.85. The maximum Gasteiger partial charge on any atom is 0.239 e. The van der Waals surface area contributed by atoms with Gasteiger partial charge in [0, 0.05) is 37.6 Å². The lowest BCUT2D eigenvalue weighted by molar-refractivity contribution is -0.134. The maximum atomic E-state index is 12.2.